The minimum absolute atomic E-state index is 0.00741. The van der Waals surface area contributed by atoms with Crippen LogP contribution >= 0.6 is 15.9 Å². The quantitative estimate of drug-likeness (QED) is 0.0451. The van der Waals surface area contributed by atoms with E-state index in [0.29, 0.717) is 30.9 Å². The van der Waals surface area contributed by atoms with Gasteiger partial charge in [0.05, 0.1) is 17.9 Å². The van der Waals surface area contributed by atoms with Gasteiger partial charge in [0.1, 0.15) is 10.2 Å². The first-order valence-corrected chi connectivity index (χ1v) is 22.8. The molecule has 0 bridgehead atoms. The molecule has 0 saturated heterocycles. The summed E-state index contributed by atoms with van der Waals surface area (Å²) in [6.07, 6.45) is -10.7. The van der Waals surface area contributed by atoms with Gasteiger partial charge in [-0.05, 0) is 89.9 Å². The standard InChI is InChI=1S/C45H51BrF6N4O5Si/c1-30(61-62(42(5,6)7,32-23-15-9-16-24-32)33-25-17-10-18-26-33)20-12-11-19-27-43(45(50,51)52,58-29-31-21-13-8-14-22-31)39-56-55-38(59-39)36-35(53-40(57)60-41(2,3)4)28-34(37(46)54-36)44(47,48)49/h8-10,13-18,21-26,28,30H,11-12,19-20,27,29H2,1-7H3,(H,53,57)/t30-,43+/m0/s1. The number of halogens is 7. The molecule has 3 aromatic carbocycles. The van der Waals surface area contributed by atoms with Gasteiger partial charge >= 0.3 is 18.4 Å². The normalized spacial score (nSPS) is 14.3. The van der Waals surface area contributed by atoms with Gasteiger partial charge in [0.25, 0.3) is 20.1 Å². The molecule has 9 nitrogen and oxygen atoms in total. The molecule has 334 valence electrons. The van der Waals surface area contributed by atoms with Crippen molar-refractivity contribution in [2.45, 2.75) is 122 Å². The van der Waals surface area contributed by atoms with Crippen LogP contribution in [0.4, 0.5) is 36.8 Å². The number of aromatic nitrogens is 3. The predicted octanol–water partition coefficient (Wildman–Crippen LogP) is 12.1. The average molecular weight is 950 g/mol. The fourth-order valence-corrected chi connectivity index (χ4v) is 12.5. The molecule has 2 aromatic heterocycles. The summed E-state index contributed by atoms with van der Waals surface area (Å²) in [7, 11) is -2.88. The Labute approximate surface area is 367 Å². The third kappa shape index (κ3) is 11.5. The summed E-state index contributed by atoms with van der Waals surface area (Å²) in [5.41, 5.74) is -6.17. The molecule has 0 spiro atoms. The zero-order chi connectivity index (χ0) is 45.6. The molecule has 0 fully saturated rings. The molecule has 0 aliphatic rings. The van der Waals surface area contributed by atoms with Gasteiger partial charge in [0, 0.05) is 6.10 Å². The van der Waals surface area contributed by atoms with Crippen molar-refractivity contribution in [2.24, 2.45) is 0 Å². The first-order valence-electron chi connectivity index (χ1n) is 20.1. The highest BCUT2D eigenvalue weighted by molar-refractivity contribution is 9.10. The van der Waals surface area contributed by atoms with E-state index in [9.17, 15) is 18.0 Å². The SMILES string of the molecule is C[C@@H](CCCCC[C@@](OCc1ccccc1)(c1nnc(-c2nc(Br)c(C(F)(F)F)cc2NC(=O)OC(C)(C)C)o1)C(F)(F)F)O[Si](c1ccccc1)(c1ccccc1)C(C)(C)C. The number of rotatable bonds is 16. The molecular weight excluding hydrogens is 898 g/mol. The van der Waals surface area contributed by atoms with E-state index in [1.54, 1.807) is 30.3 Å². The van der Waals surface area contributed by atoms with Crippen LogP contribution in [-0.4, -0.2) is 47.5 Å². The van der Waals surface area contributed by atoms with Crippen molar-refractivity contribution in [1.29, 1.82) is 0 Å². The Balaban J connectivity index is 1.43. The van der Waals surface area contributed by atoms with Gasteiger partial charge in [-0.1, -0.05) is 125 Å². The number of ether oxygens (including phenoxy) is 2. The van der Waals surface area contributed by atoms with Gasteiger partial charge in [0.2, 0.25) is 5.60 Å². The Morgan fingerprint density at radius 3 is 1.89 bits per heavy atom. The molecule has 1 amide bonds. The number of nitrogens with one attached hydrogen (secondary N) is 1. The van der Waals surface area contributed by atoms with E-state index in [4.69, 9.17) is 18.3 Å². The number of alkyl halides is 6. The van der Waals surface area contributed by atoms with Gasteiger partial charge in [-0.3, -0.25) is 5.32 Å². The molecule has 0 aliphatic heterocycles. The lowest BCUT2D eigenvalue weighted by Gasteiger charge is -2.44. The summed E-state index contributed by atoms with van der Waals surface area (Å²) in [5.74, 6) is -1.69. The lowest BCUT2D eigenvalue weighted by molar-refractivity contribution is -0.300. The Morgan fingerprint density at radius 2 is 1.37 bits per heavy atom. The van der Waals surface area contributed by atoms with Crippen LogP contribution in [0.15, 0.2) is 106 Å². The number of benzene rings is 3. The predicted molar refractivity (Wildman–Crippen MR) is 230 cm³/mol. The van der Waals surface area contributed by atoms with Gasteiger partial charge in [-0.2, -0.15) is 26.3 Å². The number of carbonyl (C=O) groups is 1. The minimum atomic E-state index is -5.11. The summed E-state index contributed by atoms with van der Waals surface area (Å²) < 4.78 is 112. The highest BCUT2D eigenvalue weighted by atomic mass is 79.9. The maximum Gasteiger partial charge on any atom is 0.426 e. The second-order valence-corrected chi connectivity index (χ2v) is 22.1. The van der Waals surface area contributed by atoms with E-state index in [-0.39, 0.29) is 17.6 Å². The summed E-state index contributed by atoms with van der Waals surface area (Å²) in [6, 6.07) is 29.1. The van der Waals surface area contributed by atoms with Crippen molar-refractivity contribution < 1.29 is 49.5 Å². The molecule has 1 N–H and O–H groups in total. The number of hydrogen-bond acceptors (Lipinski definition) is 8. The average Bonchev–Trinajstić information content (AvgIpc) is 3.68. The Bertz CT molecular complexity index is 2190. The summed E-state index contributed by atoms with van der Waals surface area (Å²) in [4.78, 5) is 16.6. The van der Waals surface area contributed by atoms with Crippen molar-refractivity contribution in [3.63, 3.8) is 0 Å². The topological polar surface area (TPSA) is 109 Å². The lowest BCUT2D eigenvalue weighted by atomic mass is 9.94. The Hall–Kier alpha value is -4.58. The first kappa shape index (κ1) is 48.4. The Kier molecular flexibility index (Phi) is 15.2. The van der Waals surface area contributed by atoms with E-state index in [2.05, 4.69) is 81.5 Å². The zero-order valence-corrected chi connectivity index (χ0v) is 38.2. The number of hydrogen-bond donors (Lipinski definition) is 1. The third-order valence-corrected chi connectivity index (χ3v) is 15.9. The molecule has 0 unspecified atom stereocenters. The van der Waals surface area contributed by atoms with Crippen molar-refractivity contribution in [3.05, 3.63) is 119 Å². The van der Waals surface area contributed by atoms with Crippen LogP contribution in [0, 0.1) is 0 Å². The monoisotopic (exact) mass is 948 g/mol. The highest BCUT2D eigenvalue weighted by Gasteiger charge is 2.61. The molecule has 5 aromatic rings. The van der Waals surface area contributed by atoms with Crippen molar-refractivity contribution >= 4 is 46.4 Å². The van der Waals surface area contributed by atoms with E-state index in [0.717, 1.165) is 10.4 Å². The maximum atomic E-state index is 15.6. The van der Waals surface area contributed by atoms with Crippen LogP contribution in [0.25, 0.3) is 11.6 Å². The number of pyridine rings is 1. The minimum Gasteiger partial charge on any atom is -0.444 e. The second-order valence-electron chi connectivity index (χ2n) is 17.1. The zero-order valence-electron chi connectivity index (χ0n) is 35.6. The fourth-order valence-electron chi connectivity index (χ4n) is 7.24. The van der Waals surface area contributed by atoms with Crippen LogP contribution in [0.3, 0.4) is 0 Å². The largest absolute Gasteiger partial charge is 0.444 e. The van der Waals surface area contributed by atoms with Crippen LogP contribution in [0.1, 0.15) is 97.6 Å². The number of unbranched alkanes of at least 4 members (excludes halogenated alkanes) is 2. The van der Waals surface area contributed by atoms with E-state index in [1.807, 2.05) is 43.3 Å². The first-order chi connectivity index (χ1) is 29.0. The molecule has 0 aliphatic carbocycles. The molecule has 2 atom stereocenters. The number of amides is 1. The smallest absolute Gasteiger partial charge is 0.426 e. The molecule has 62 heavy (non-hydrogen) atoms. The molecular formula is C45H51BrF6N4O5Si. The van der Waals surface area contributed by atoms with Crippen LogP contribution in [0.2, 0.25) is 5.04 Å². The second kappa shape index (κ2) is 19.4. The van der Waals surface area contributed by atoms with Gasteiger partial charge in [0.15, 0.2) is 5.69 Å². The van der Waals surface area contributed by atoms with Crippen LogP contribution in [-0.2, 0) is 32.3 Å². The van der Waals surface area contributed by atoms with E-state index >= 15 is 13.2 Å². The van der Waals surface area contributed by atoms with Crippen molar-refractivity contribution in [2.75, 3.05) is 5.32 Å². The molecule has 0 radical (unpaired) electrons. The number of anilines is 1. The van der Waals surface area contributed by atoms with Gasteiger partial charge in [-0.15, -0.1) is 10.2 Å². The highest BCUT2D eigenvalue weighted by Crippen LogP contribution is 2.48. The van der Waals surface area contributed by atoms with Crippen LogP contribution < -0.4 is 15.7 Å². The van der Waals surface area contributed by atoms with Crippen molar-refractivity contribution in [3.8, 4) is 11.6 Å². The molecule has 17 heteroatoms. The molecule has 2 heterocycles. The van der Waals surface area contributed by atoms with Gasteiger partial charge < -0.3 is 18.3 Å². The summed E-state index contributed by atoms with van der Waals surface area (Å²) >= 11 is 2.79. The van der Waals surface area contributed by atoms with E-state index in [1.165, 1.54) is 20.8 Å². The molecule has 0 saturated carbocycles. The lowest BCUT2D eigenvalue weighted by Crippen LogP contribution is -2.67. The van der Waals surface area contributed by atoms with Crippen LogP contribution in [0.5, 0.6) is 0 Å². The fraction of sp³-hybridized carbons (Fsp3) is 0.422. The van der Waals surface area contributed by atoms with Gasteiger partial charge in [-0.25, -0.2) is 9.78 Å². The summed E-state index contributed by atoms with van der Waals surface area (Å²) in [6.45, 7) is 12.6. The van der Waals surface area contributed by atoms with E-state index < -0.39 is 84.3 Å². The number of nitrogens with zero attached hydrogens (tertiary/aromatic N) is 3. The maximum absolute atomic E-state index is 15.6. The Morgan fingerprint density at radius 1 is 0.806 bits per heavy atom. The number of carbonyl (C=O) groups excluding carboxylic acids is 1. The molecule has 5 rings (SSSR count). The van der Waals surface area contributed by atoms with Crippen molar-refractivity contribution in [1.82, 2.24) is 15.2 Å². The summed E-state index contributed by atoms with van der Waals surface area (Å²) in [5, 5.41) is 11.7. The third-order valence-electron chi connectivity index (χ3n) is 10.1.